The standard InChI is InChI=1S/C35H29N3O2/c39-33(40-25-27-13-5-1-6-14-27)22-21-28-23-32-34(37-26-36-32)38(24-28)35(29-15-7-2-8-16-29,30-17-9-3-10-18-30)31-19-11-4-12-20-31/h1-22,24,26H,23,25H2,(H,36,37). The van der Waals surface area contributed by atoms with Crippen molar-refractivity contribution in [2.75, 3.05) is 4.90 Å². The zero-order chi connectivity index (χ0) is 27.2. The van der Waals surface area contributed by atoms with Crippen LogP contribution in [0.5, 0.6) is 0 Å². The number of aromatic nitrogens is 2. The summed E-state index contributed by atoms with van der Waals surface area (Å²) in [4.78, 5) is 23.0. The number of benzene rings is 4. The highest BCUT2D eigenvalue weighted by molar-refractivity contribution is 5.82. The Morgan fingerprint density at radius 1 is 0.800 bits per heavy atom. The van der Waals surface area contributed by atoms with E-state index in [0.29, 0.717) is 6.42 Å². The van der Waals surface area contributed by atoms with Crippen molar-refractivity contribution in [3.05, 3.63) is 180 Å². The predicted molar refractivity (Wildman–Crippen MR) is 157 cm³/mol. The number of hydrogen-bond acceptors (Lipinski definition) is 4. The zero-order valence-electron chi connectivity index (χ0n) is 22.0. The monoisotopic (exact) mass is 523 g/mol. The SMILES string of the molecule is O=C(C=CC1=CN(C(c2ccccc2)(c2ccccc2)c2ccccc2)c2nc[nH]c2C1)OCc1ccccc1. The molecule has 5 heteroatoms. The van der Waals surface area contributed by atoms with Gasteiger partial charge in [0.15, 0.2) is 5.82 Å². The van der Waals surface area contributed by atoms with Crippen LogP contribution in [0.25, 0.3) is 0 Å². The molecule has 1 N–H and O–H groups in total. The average Bonchev–Trinajstić information content (AvgIpc) is 3.50. The van der Waals surface area contributed by atoms with Gasteiger partial charge in [0.05, 0.1) is 12.0 Å². The van der Waals surface area contributed by atoms with Crippen molar-refractivity contribution < 1.29 is 9.53 Å². The molecule has 5 nitrogen and oxygen atoms in total. The van der Waals surface area contributed by atoms with E-state index in [1.165, 1.54) is 6.08 Å². The lowest BCUT2D eigenvalue weighted by molar-refractivity contribution is -0.139. The van der Waals surface area contributed by atoms with E-state index >= 15 is 0 Å². The quantitative estimate of drug-likeness (QED) is 0.136. The number of nitrogens with zero attached hydrogens (tertiary/aromatic N) is 2. The van der Waals surface area contributed by atoms with Gasteiger partial charge >= 0.3 is 5.97 Å². The molecule has 1 aliphatic rings. The number of allylic oxidation sites excluding steroid dienone is 2. The van der Waals surface area contributed by atoms with Crippen molar-refractivity contribution >= 4 is 11.8 Å². The summed E-state index contributed by atoms with van der Waals surface area (Å²) in [5.41, 5.74) is 5.47. The third-order valence-electron chi connectivity index (χ3n) is 7.19. The molecule has 0 fully saturated rings. The van der Waals surface area contributed by atoms with E-state index in [2.05, 4.69) is 88.9 Å². The maximum absolute atomic E-state index is 12.6. The number of nitrogens with one attached hydrogen (secondary N) is 1. The summed E-state index contributed by atoms with van der Waals surface area (Å²) in [6.45, 7) is 0.235. The second-order valence-corrected chi connectivity index (χ2v) is 9.69. The van der Waals surface area contributed by atoms with E-state index < -0.39 is 5.54 Å². The maximum atomic E-state index is 12.6. The topological polar surface area (TPSA) is 58.2 Å². The summed E-state index contributed by atoms with van der Waals surface area (Å²) in [6.07, 6.45) is 7.80. The molecule has 0 radical (unpaired) electrons. The largest absolute Gasteiger partial charge is 0.458 e. The van der Waals surface area contributed by atoms with Crippen LogP contribution in [-0.2, 0) is 28.1 Å². The maximum Gasteiger partial charge on any atom is 0.331 e. The molecular formula is C35H29N3O2. The first-order valence-electron chi connectivity index (χ1n) is 13.3. The van der Waals surface area contributed by atoms with Crippen LogP contribution in [0.3, 0.4) is 0 Å². The van der Waals surface area contributed by atoms with Gasteiger partial charge in [-0.3, -0.25) is 0 Å². The van der Waals surface area contributed by atoms with E-state index in [1.807, 2.05) is 54.6 Å². The fourth-order valence-corrected chi connectivity index (χ4v) is 5.39. The number of ether oxygens (including phenoxy) is 1. The zero-order valence-corrected chi connectivity index (χ0v) is 22.0. The molecule has 1 aliphatic heterocycles. The Hall–Kier alpha value is -5.16. The fourth-order valence-electron chi connectivity index (χ4n) is 5.39. The lowest BCUT2D eigenvalue weighted by atomic mass is 9.75. The predicted octanol–water partition coefficient (Wildman–Crippen LogP) is 6.95. The van der Waals surface area contributed by atoms with Crippen molar-refractivity contribution in [3.63, 3.8) is 0 Å². The number of fused-ring (bicyclic) bond motifs is 1. The molecule has 0 aliphatic carbocycles. The first kappa shape index (κ1) is 25.1. The fraction of sp³-hybridized carbons (Fsp3) is 0.0857. The van der Waals surface area contributed by atoms with E-state index in [0.717, 1.165) is 39.3 Å². The molecule has 0 bridgehead atoms. The minimum Gasteiger partial charge on any atom is -0.458 e. The Morgan fingerprint density at radius 3 is 1.88 bits per heavy atom. The number of hydrogen-bond donors (Lipinski definition) is 1. The van der Waals surface area contributed by atoms with Crippen LogP contribution in [0.2, 0.25) is 0 Å². The van der Waals surface area contributed by atoms with E-state index in [1.54, 1.807) is 6.33 Å². The van der Waals surface area contributed by atoms with E-state index in [9.17, 15) is 4.79 Å². The van der Waals surface area contributed by atoms with Crippen LogP contribution in [0.1, 0.15) is 27.9 Å². The Morgan fingerprint density at radius 2 is 1.32 bits per heavy atom. The van der Waals surface area contributed by atoms with Crippen molar-refractivity contribution in [2.24, 2.45) is 0 Å². The lowest BCUT2D eigenvalue weighted by Gasteiger charge is -2.46. The van der Waals surface area contributed by atoms with Crippen LogP contribution >= 0.6 is 0 Å². The number of carbonyl (C=O) groups is 1. The first-order valence-corrected chi connectivity index (χ1v) is 13.3. The molecule has 0 saturated heterocycles. The average molecular weight is 524 g/mol. The third kappa shape index (κ3) is 4.85. The van der Waals surface area contributed by atoms with Gasteiger partial charge in [-0.1, -0.05) is 121 Å². The summed E-state index contributed by atoms with van der Waals surface area (Å²) < 4.78 is 5.49. The van der Waals surface area contributed by atoms with Crippen molar-refractivity contribution in [1.29, 1.82) is 0 Å². The smallest absolute Gasteiger partial charge is 0.331 e. The molecule has 0 saturated carbocycles. The number of carbonyl (C=O) groups excluding carboxylic acids is 1. The normalized spacial score (nSPS) is 13.1. The molecule has 5 aromatic rings. The highest BCUT2D eigenvalue weighted by atomic mass is 16.5. The molecule has 6 rings (SSSR count). The lowest BCUT2D eigenvalue weighted by Crippen LogP contribution is -2.47. The second kappa shape index (κ2) is 11.3. The van der Waals surface area contributed by atoms with Gasteiger partial charge in [-0.05, 0) is 33.9 Å². The third-order valence-corrected chi connectivity index (χ3v) is 7.19. The van der Waals surface area contributed by atoms with Crippen LogP contribution in [-0.4, -0.2) is 15.9 Å². The summed E-state index contributed by atoms with van der Waals surface area (Å²) >= 11 is 0. The molecule has 40 heavy (non-hydrogen) atoms. The molecule has 0 spiro atoms. The Balaban J connectivity index is 1.45. The van der Waals surface area contributed by atoms with Crippen molar-refractivity contribution in [2.45, 2.75) is 18.6 Å². The highest BCUT2D eigenvalue weighted by Gasteiger charge is 2.44. The number of esters is 1. The Kier molecular flexibility index (Phi) is 7.10. The van der Waals surface area contributed by atoms with E-state index in [-0.39, 0.29) is 12.6 Å². The van der Waals surface area contributed by atoms with Gasteiger partial charge in [-0.15, -0.1) is 0 Å². The van der Waals surface area contributed by atoms with Crippen LogP contribution in [0.15, 0.2) is 152 Å². The number of aromatic amines is 1. The number of rotatable bonds is 8. The number of H-pyrrole nitrogens is 1. The van der Waals surface area contributed by atoms with Crippen LogP contribution in [0, 0.1) is 0 Å². The van der Waals surface area contributed by atoms with Crippen molar-refractivity contribution in [1.82, 2.24) is 9.97 Å². The van der Waals surface area contributed by atoms with Crippen LogP contribution < -0.4 is 4.90 Å². The highest BCUT2D eigenvalue weighted by Crippen LogP contribution is 2.47. The van der Waals surface area contributed by atoms with Gasteiger partial charge in [0.1, 0.15) is 12.1 Å². The number of anilines is 1. The summed E-state index contributed by atoms with van der Waals surface area (Å²) in [7, 11) is 0. The van der Waals surface area contributed by atoms with Crippen LogP contribution in [0.4, 0.5) is 5.82 Å². The summed E-state index contributed by atoms with van der Waals surface area (Å²) in [5, 5.41) is 0. The molecule has 0 unspecified atom stereocenters. The number of imidazole rings is 1. The van der Waals surface area contributed by atoms with Gasteiger partial charge in [0, 0.05) is 18.7 Å². The summed E-state index contributed by atoms with van der Waals surface area (Å²) in [6, 6.07) is 41.1. The Bertz CT molecular complexity index is 1530. The molecule has 2 heterocycles. The Labute approximate surface area is 234 Å². The van der Waals surface area contributed by atoms with Gasteiger partial charge in [0.2, 0.25) is 0 Å². The molecular weight excluding hydrogens is 494 g/mol. The molecule has 196 valence electrons. The van der Waals surface area contributed by atoms with Gasteiger partial charge in [-0.2, -0.15) is 0 Å². The van der Waals surface area contributed by atoms with Gasteiger partial charge in [0.25, 0.3) is 0 Å². The minimum atomic E-state index is -0.721. The van der Waals surface area contributed by atoms with E-state index in [4.69, 9.17) is 9.72 Å². The second-order valence-electron chi connectivity index (χ2n) is 9.69. The first-order chi connectivity index (χ1) is 19.7. The molecule has 0 atom stereocenters. The molecule has 4 aromatic carbocycles. The minimum absolute atomic E-state index is 0.235. The molecule has 1 aromatic heterocycles. The van der Waals surface area contributed by atoms with Gasteiger partial charge in [-0.25, -0.2) is 9.78 Å². The summed E-state index contributed by atoms with van der Waals surface area (Å²) in [5.74, 6) is 0.465. The molecule has 0 amide bonds. The van der Waals surface area contributed by atoms with Crippen molar-refractivity contribution in [3.8, 4) is 0 Å². The van der Waals surface area contributed by atoms with Gasteiger partial charge < -0.3 is 14.6 Å².